The van der Waals surface area contributed by atoms with Crippen molar-refractivity contribution >= 4 is 21.8 Å². The van der Waals surface area contributed by atoms with Crippen LogP contribution in [0.4, 0.5) is 0 Å². The van der Waals surface area contributed by atoms with Crippen LogP contribution in [0.3, 0.4) is 0 Å². The van der Waals surface area contributed by atoms with Gasteiger partial charge in [0.15, 0.2) is 0 Å². The van der Waals surface area contributed by atoms with E-state index in [0.717, 1.165) is 0 Å². The zero-order chi connectivity index (χ0) is 16.6. The van der Waals surface area contributed by atoms with Gasteiger partial charge in [0.25, 0.3) is 0 Å². The average molecular weight is 336 g/mol. The summed E-state index contributed by atoms with van der Waals surface area (Å²) in [5.74, 6) is 0. The summed E-state index contributed by atoms with van der Waals surface area (Å²) in [6, 6.07) is 36.6. The van der Waals surface area contributed by atoms with Gasteiger partial charge in [-0.3, -0.25) is 0 Å². The molecule has 26 heavy (non-hydrogen) atoms. The minimum atomic E-state index is 0. The van der Waals surface area contributed by atoms with E-state index in [1.54, 1.807) is 0 Å². The highest BCUT2D eigenvalue weighted by Crippen LogP contribution is 2.32. The number of aromatic nitrogens is 1. The van der Waals surface area contributed by atoms with Crippen LogP contribution >= 0.6 is 0 Å². The molecular weight excluding hydrogens is 316 g/mol. The van der Waals surface area contributed by atoms with E-state index < -0.39 is 0 Å². The maximum absolute atomic E-state index is 2.35. The summed E-state index contributed by atoms with van der Waals surface area (Å²) < 4.78 is 2.35. The Labute approximate surface area is 152 Å². The normalized spacial score (nSPS) is 10.8. The molecule has 2 heteroatoms. The Bertz CT molecular complexity index is 1120. The first-order valence-electron chi connectivity index (χ1n) is 8.56. The summed E-state index contributed by atoms with van der Waals surface area (Å²) in [5.41, 5.74) is 6.17. The molecule has 0 saturated carbocycles. The topological polar surface area (TPSA) is 39.9 Å². The Balaban J connectivity index is 0.00000168. The number of hydrogen-bond donors (Lipinski definition) is 1. The number of fused-ring (bicyclic) bond motifs is 3. The van der Waals surface area contributed by atoms with Crippen LogP contribution in [-0.4, -0.2) is 4.57 Å². The molecule has 1 heterocycles. The first kappa shape index (κ1) is 16.1. The summed E-state index contributed by atoms with van der Waals surface area (Å²) in [7, 11) is 0. The smallest absolute Gasteiger partial charge is 0.0541 e. The van der Waals surface area contributed by atoms with E-state index >= 15 is 0 Å². The fraction of sp³-hybridized carbons (Fsp3) is 0. The van der Waals surface area contributed by atoms with Gasteiger partial charge in [0, 0.05) is 16.5 Å². The monoisotopic (exact) mass is 336 g/mol. The van der Waals surface area contributed by atoms with Crippen molar-refractivity contribution in [3.05, 3.63) is 103 Å². The third-order valence-corrected chi connectivity index (χ3v) is 4.81. The maximum Gasteiger partial charge on any atom is 0.0541 e. The maximum atomic E-state index is 2.35. The number of benzene rings is 4. The highest BCUT2D eigenvalue weighted by atomic mass is 15.0. The molecule has 0 amide bonds. The average Bonchev–Trinajstić information content (AvgIpc) is 3.03. The predicted molar refractivity (Wildman–Crippen MR) is 111 cm³/mol. The van der Waals surface area contributed by atoms with Gasteiger partial charge in [-0.25, -0.2) is 0 Å². The van der Waals surface area contributed by atoms with Crippen LogP contribution in [0.25, 0.3) is 38.6 Å². The van der Waals surface area contributed by atoms with Gasteiger partial charge in [0.05, 0.1) is 11.0 Å². The van der Waals surface area contributed by atoms with Crippen molar-refractivity contribution in [1.29, 1.82) is 0 Å². The van der Waals surface area contributed by atoms with Crippen LogP contribution in [0.2, 0.25) is 0 Å². The molecular formula is C24H20N2. The zero-order valence-corrected chi connectivity index (χ0v) is 14.5. The molecule has 0 spiro atoms. The molecule has 3 N–H and O–H groups in total. The van der Waals surface area contributed by atoms with Crippen LogP contribution in [0, 0.1) is 0 Å². The van der Waals surface area contributed by atoms with Crippen molar-refractivity contribution in [2.45, 2.75) is 0 Å². The van der Waals surface area contributed by atoms with E-state index in [1.165, 1.54) is 38.6 Å². The van der Waals surface area contributed by atoms with Gasteiger partial charge in [-0.1, -0.05) is 78.9 Å². The first-order chi connectivity index (χ1) is 12.4. The summed E-state index contributed by atoms with van der Waals surface area (Å²) in [4.78, 5) is 0. The van der Waals surface area contributed by atoms with Gasteiger partial charge in [-0.05, 0) is 35.4 Å². The van der Waals surface area contributed by atoms with Gasteiger partial charge < -0.3 is 10.7 Å². The van der Waals surface area contributed by atoms with Gasteiger partial charge >= 0.3 is 0 Å². The summed E-state index contributed by atoms with van der Waals surface area (Å²) in [6.07, 6.45) is 0. The standard InChI is InChI=1S/C24H17N.H3N/c1-2-8-18(9-3-1)19-14-16-20(17-15-19)25-23-12-6-4-10-21(23)22-11-5-7-13-24(22)25;/h1-17H;1H3. The Morgan fingerprint density at radius 3 is 1.46 bits per heavy atom. The van der Waals surface area contributed by atoms with Crippen molar-refractivity contribution in [1.82, 2.24) is 10.7 Å². The molecule has 5 rings (SSSR count). The number of para-hydroxylation sites is 2. The SMILES string of the molecule is N.c1ccc(-c2ccc(-n3c4ccccc4c4ccccc43)cc2)cc1. The Morgan fingerprint density at radius 1 is 0.423 bits per heavy atom. The second-order valence-electron chi connectivity index (χ2n) is 6.28. The van der Waals surface area contributed by atoms with Gasteiger partial charge in [0.2, 0.25) is 0 Å². The van der Waals surface area contributed by atoms with E-state index in [4.69, 9.17) is 0 Å². The van der Waals surface area contributed by atoms with Crippen molar-refractivity contribution in [3.63, 3.8) is 0 Å². The number of hydrogen-bond acceptors (Lipinski definition) is 1. The summed E-state index contributed by atoms with van der Waals surface area (Å²) >= 11 is 0. The Morgan fingerprint density at radius 2 is 0.885 bits per heavy atom. The fourth-order valence-electron chi connectivity index (χ4n) is 3.63. The van der Waals surface area contributed by atoms with E-state index in [2.05, 4.69) is 108 Å². The van der Waals surface area contributed by atoms with Crippen molar-refractivity contribution in [3.8, 4) is 16.8 Å². The van der Waals surface area contributed by atoms with Crippen molar-refractivity contribution in [2.75, 3.05) is 0 Å². The van der Waals surface area contributed by atoms with Crippen LogP contribution in [0.15, 0.2) is 103 Å². The van der Waals surface area contributed by atoms with Gasteiger partial charge in [0.1, 0.15) is 0 Å². The zero-order valence-electron chi connectivity index (χ0n) is 14.5. The molecule has 0 unspecified atom stereocenters. The molecule has 0 aliphatic carbocycles. The molecule has 0 bridgehead atoms. The quantitative estimate of drug-likeness (QED) is 0.387. The van der Waals surface area contributed by atoms with Crippen molar-refractivity contribution in [2.24, 2.45) is 0 Å². The highest BCUT2D eigenvalue weighted by Gasteiger charge is 2.11. The third-order valence-electron chi connectivity index (χ3n) is 4.81. The Hall–Kier alpha value is -3.36. The summed E-state index contributed by atoms with van der Waals surface area (Å²) in [5, 5.41) is 2.59. The lowest BCUT2D eigenvalue weighted by molar-refractivity contribution is 1.18. The van der Waals surface area contributed by atoms with Crippen LogP contribution in [-0.2, 0) is 0 Å². The summed E-state index contributed by atoms with van der Waals surface area (Å²) in [6.45, 7) is 0. The Kier molecular flexibility index (Phi) is 4.04. The number of nitrogens with zero attached hydrogens (tertiary/aromatic N) is 1. The number of rotatable bonds is 2. The molecule has 5 aromatic rings. The molecule has 0 fully saturated rings. The van der Waals surface area contributed by atoms with E-state index in [0.29, 0.717) is 0 Å². The lowest BCUT2D eigenvalue weighted by Crippen LogP contribution is -1.93. The molecule has 0 saturated heterocycles. The lowest BCUT2D eigenvalue weighted by Gasteiger charge is -2.09. The third kappa shape index (κ3) is 2.48. The molecule has 2 nitrogen and oxygen atoms in total. The lowest BCUT2D eigenvalue weighted by atomic mass is 10.1. The molecule has 0 aliphatic heterocycles. The highest BCUT2D eigenvalue weighted by molar-refractivity contribution is 6.09. The van der Waals surface area contributed by atoms with Gasteiger partial charge in [-0.15, -0.1) is 0 Å². The minimum absolute atomic E-state index is 0. The molecule has 4 aromatic carbocycles. The van der Waals surface area contributed by atoms with E-state index in [9.17, 15) is 0 Å². The molecule has 126 valence electrons. The van der Waals surface area contributed by atoms with Crippen molar-refractivity contribution < 1.29 is 0 Å². The van der Waals surface area contributed by atoms with Crippen LogP contribution in [0.5, 0.6) is 0 Å². The fourth-order valence-corrected chi connectivity index (χ4v) is 3.63. The molecule has 0 aliphatic rings. The molecule has 0 radical (unpaired) electrons. The molecule has 0 atom stereocenters. The second-order valence-corrected chi connectivity index (χ2v) is 6.28. The van der Waals surface area contributed by atoms with Gasteiger partial charge in [-0.2, -0.15) is 0 Å². The van der Waals surface area contributed by atoms with Crippen LogP contribution < -0.4 is 6.15 Å². The van der Waals surface area contributed by atoms with E-state index in [-0.39, 0.29) is 6.15 Å². The van der Waals surface area contributed by atoms with Crippen LogP contribution in [0.1, 0.15) is 0 Å². The first-order valence-corrected chi connectivity index (χ1v) is 8.56. The second kappa shape index (κ2) is 6.51. The largest absolute Gasteiger partial charge is 0.344 e. The minimum Gasteiger partial charge on any atom is -0.344 e. The van der Waals surface area contributed by atoms with E-state index in [1.807, 2.05) is 0 Å². The molecule has 1 aromatic heterocycles. The predicted octanol–water partition coefficient (Wildman–Crippen LogP) is 6.61.